The van der Waals surface area contributed by atoms with Crippen molar-refractivity contribution in [2.45, 2.75) is 413 Å². The molecule has 0 rings (SSSR count). The lowest BCUT2D eigenvalue weighted by Gasteiger charge is -2.21. The van der Waals surface area contributed by atoms with Crippen LogP contribution < -0.4 is 0 Å². The average molecular weight is 1400 g/mol. The normalized spacial score (nSPS) is 14.0. The Morgan fingerprint density at radius 2 is 0.484 bits per heavy atom. The smallest absolute Gasteiger partial charge is 0.462 e. The Morgan fingerprint density at radius 3 is 0.716 bits per heavy atom. The third kappa shape index (κ3) is 70.3. The second-order valence-corrected chi connectivity index (χ2v) is 31.3. The summed E-state index contributed by atoms with van der Waals surface area (Å²) in [4.78, 5) is 72.6. The minimum atomic E-state index is -4.96. The second-order valence-electron chi connectivity index (χ2n) is 28.3. The van der Waals surface area contributed by atoms with Gasteiger partial charge in [0.05, 0.1) is 26.4 Å². The lowest BCUT2D eigenvalue weighted by molar-refractivity contribution is -0.161. The molecule has 0 bridgehead atoms. The van der Waals surface area contributed by atoms with Gasteiger partial charge in [0.2, 0.25) is 0 Å². The molecule has 0 radical (unpaired) electrons. The standard InChI is InChI=1S/C76H148O17P2/c1-7-9-11-13-15-16-17-18-19-20-24-27-30-33-36-40-47-53-59-74(79)87-65-71(92-75(80)60-54-48-41-37-34-31-28-25-22-21-23-26-29-32-35-39-44-50-56-68(3)4)66-90-94(82,83)88-62-70(77)63-89-95(84,85)91-67-72(64-86-73(78)58-52-46-38-14-12-10-8-2)93-76(81)61-55-49-43-42-45-51-57-69(5)6/h68-72,77H,7-67H2,1-6H3,(H,82,83)(H,84,85)/t70-,71-,72-/m1/s1. The van der Waals surface area contributed by atoms with Gasteiger partial charge in [-0.3, -0.25) is 37.3 Å². The quantitative estimate of drug-likeness (QED) is 0.0222. The molecule has 0 aromatic rings. The van der Waals surface area contributed by atoms with Crippen LogP contribution in [0.25, 0.3) is 0 Å². The summed E-state index contributed by atoms with van der Waals surface area (Å²) in [6, 6.07) is 0. The first kappa shape index (κ1) is 93.1. The lowest BCUT2D eigenvalue weighted by Crippen LogP contribution is -2.30. The SMILES string of the molecule is CCCCCCCCCCCCCCCCCCCCC(=O)OC[C@H](COP(=O)(O)OC[C@@H](O)COP(=O)(O)OC[C@@H](COC(=O)CCCCCCCCC)OC(=O)CCCCCCCCC(C)C)OC(=O)CCCCCCCCCCCCCCCCCCCCC(C)C. The Labute approximate surface area is 581 Å². The summed E-state index contributed by atoms with van der Waals surface area (Å²) in [5, 5.41) is 10.6. The van der Waals surface area contributed by atoms with Gasteiger partial charge in [0, 0.05) is 25.7 Å². The molecule has 0 amide bonds. The molecule has 0 aliphatic rings. The van der Waals surface area contributed by atoms with E-state index in [0.29, 0.717) is 31.6 Å². The number of hydrogen-bond acceptors (Lipinski definition) is 15. The first-order valence-corrected chi connectivity index (χ1v) is 42.5. The maximum atomic E-state index is 13.1. The average Bonchev–Trinajstić information content (AvgIpc) is 2.53. The van der Waals surface area contributed by atoms with Gasteiger partial charge < -0.3 is 33.8 Å². The van der Waals surface area contributed by atoms with Crippen LogP contribution in [0, 0.1) is 11.8 Å². The summed E-state index contributed by atoms with van der Waals surface area (Å²) in [6.07, 6.45) is 56.0. The Kier molecular flexibility index (Phi) is 66.5. The number of carbonyl (C=O) groups is 4. The van der Waals surface area contributed by atoms with E-state index >= 15 is 0 Å². The lowest BCUT2D eigenvalue weighted by atomic mass is 10.0. The van der Waals surface area contributed by atoms with Gasteiger partial charge in [-0.1, -0.05) is 343 Å². The number of ether oxygens (including phenoxy) is 4. The van der Waals surface area contributed by atoms with Gasteiger partial charge >= 0.3 is 39.5 Å². The van der Waals surface area contributed by atoms with Gasteiger partial charge in [0.1, 0.15) is 19.3 Å². The molecule has 95 heavy (non-hydrogen) atoms. The van der Waals surface area contributed by atoms with E-state index in [-0.39, 0.29) is 25.7 Å². The number of unbranched alkanes of at least 4 members (excludes halogenated alkanes) is 45. The van der Waals surface area contributed by atoms with Crippen molar-refractivity contribution in [3.8, 4) is 0 Å². The van der Waals surface area contributed by atoms with E-state index < -0.39 is 97.5 Å². The molecule has 0 aromatic carbocycles. The molecule has 17 nitrogen and oxygen atoms in total. The molecular formula is C76H148O17P2. The van der Waals surface area contributed by atoms with Crippen LogP contribution in [0.2, 0.25) is 0 Å². The van der Waals surface area contributed by atoms with Crippen molar-refractivity contribution in [3.63, 3.8) is 0 Å². The zero-order chi connectivity index (χ0) is 70.0. The van der Waals surface area contributed by atoms with Crippen LogP contribution in [0.1, 0.15) is 395 Å². The summed E-state index contributed by atoms with van der Waals surface area (Å²) in [6.45, 7) is 9.49. The summed E-state index contributed by atoms with van der Waals surface area (Å²) >= 11 is 0. The van der Waals surface area contributed by atoms with Gasteiger partial charge in [-0.05, 0) is 37.5 Å². The molecule has 0 heterocycles. The first-order valence-electron chi connectivity index (χ1n) is 39.5. The number of aliphatic hydroxyl groups excluding tert-OH is 1. The maximum absolute atomic E-state index is 13.1. The summed E-state index contributed by atoms with van der Waals surface area (Å²) < 4.78 is 68.3. The Balaban J connectivity index is 5.14. The molecule has 0 fully saturated rings. The van der Waals surface area contributed by atoms with E-state index in [1.54, 1.807) is 0 Å². The Morgan fingerprint density at radius 1 is 0.284 bits per heavy atom. The third-order valence-electron chi connectivity index (χ3n) is 17.7. The van der Waals surface area contributed by atoms with Crippen LogP contribution in [0.4, 0.5) is 0 Å². The van der Waals surface area contributed by atoms with Gasteiger partial charge in [0.25, 0.3) is 0 Å². The van der Waals surface area contributed by atoms with Crippen molar-refractivity contribution in [2.75, 3.05) is 39.6 Å². The molecule has 0 aromatic heterocycles. The number of esters is 4. The van der Waals surface area contributed by atoms with Crippen LogP contribution in [0.5, 0.6) is 0 Å². The number of phosphoric ester groups is 2. The number of phosphoric acid groups is 2. The van der Waals surface area contributed by atoms with Crippen LogP contribution in [-0.2, 0) is 65.4 Å². The third-order valence-corrected chi connectivity index (χ3v) is 19.6. The Bertz CT molecular complexity index is 1840. The highest BCUT2D eigenvalue weighted by Gasteiger charge is 2.30. The molecule has 0 aliphatic heterocycles. The fraction of sp³-hybridized carbons (Fsp3) is 0.947. The van der Waals surface area contributed by atoms with E-state index in [1.165, 1.54) is 199 Å². The van der Waals surface area contributed by atoms with Gasteiger partial charge in [-0.2, -0.15) is 0 Å². The number of carbonyl (C=O) groups excluding carboxylic acids is 4. The van der Waals surface area contributed by atoms with Crippen molar-refractivity contribution in [3.05, 3.63) is 0 Å². The van der Waals surface area contributed by atoms with Gasteiger partial charge in [-0.25, -0.2) is 9.13 Å². The molecule has 0 saturated carbocycles. The van der Waals surface area contributed by atoms with Gasteiger partial charge in [-0.15, -0.1) is 0 Å². The minimum Gasteiger partial charge on any atom is -0.462 e. The number of aliphatic hydroxyl groups is 1. The molecule has 0 spiro atoms. The molecule has 0 aliphatic carbocycles. The van der Waals surface area contributed by atoms with Crippen molar-refractivity contribution < 1.29 is 80.2 Å². The van der Waals surface area contributed by atoms with Crippen molar-refractivity contribution in [1.82, 2.24) is 0 Å². The molecule has 19 heteroatoms. The highest BCUT2D eigenvalue weighted by atomic mass is 31.2. The Hall–Kier alpha value is -1.94. The van der Waals surface area contributed by atoms with Crippen LogP contribution in [-0.4, -0.2) is 96.7 Å². The number of rotatable bonds is 75. The first-order chi connectivity index (χ1) is 45.9. The van der Waals surface area contributed by atoms with Crippen molar-refractivity contribution in [1.29, 1.82) is 0 Å². The fourth-order valence-corrected chi connectivity index (χ4v) is 13.2. The topological polar surface area (TPSA) is 237 Å². The molecular weight excluding hydrogens is 1250 g/mol. The summed E-state index contributed by atoms with van der Waals surface area (Å²) in [7, 11) is -9.90. The van der Waals surface area contributed by atoms with Crippen molar-refractivity contribution in [2.24, 2.45) is 11.8 Å². The zero-order valence-corrected chi connectivity index (χ0v) is 63.8. The molecule has 2 unspecified atom stereocenters. The second kappa shape index (κ2) is 67.9. The van der Waals surface area contributed by atoms with Crippen molar-refractivity contribution >= 4 is 39.5 Å². The fourth-order valence-electron chi connectivity index (χ4n) is 11.7. The summed E-state index contributed by atoms with van der Waals surface area (Å²) in [5.74, 6) is -0.636. The maximum Gasteiger partial charge on any atom is 0.472 e. The highest BCUT2D eigenvalue weighted by molar-refractivity contribution is 7.47. The van der Waals surface area contributed by atoms with E-state index in [1.807, 2.05) is 0 Å². The molecule has 564 valence electrons. The van der Waals surface area contributed by atoms with E-state index in [4.69, 9.17) is 37.0 Å². The minimum absolute atomic E-state index is 0.102. The van der Waals surface area contributed by atoms with Crippen LogP contribution >= 0.6 is 15.6 Å². The predicted octanol–water partition coefficient (Wildman–Crippen LogP) is 22.3. The number of hydrogen-bond donors (Lipinski definition) is 3. The van der Waals surface area contributed by atoms with E-state index in [9.17, 15) is 43.2 Å². The van der Waals surface area contributed by atoms with E-state index in [2.05, 4.69) is 41.5 Å². The molecule has 3 N–H and O–H groups in total. The van der Waals surface area contributed by atoms with Gasteiger partial charge in [0.15, 0.2) is 12.2 Å². The van der Waals surface area contributed by atoms with Crippen LogP contribution in [0.15, 0.2) is 0 Å². The summed E-state index contributed by atoms with van der Waals surface area (Å²) in [5.41, 5.74) is 0. The monoisotopic (exact) mass is 1400 g/mol. The molecule has 0 saturated heterocycles. The van der Waals surface area contributed by atoms with Crippen LogP contribution in [0.3, 0.4) is 0 Å². The molecule has 5 atom stereocenters. The zero-order valence-electron chi connectivity index (χ0n) is 62.0. The predicted molar refractivity (Wildman–Crippen MR) is 386 cm³/mol. The largest absolute Gasteiger partial charge is 0.472 e. The van der Waals surface area contributed by atoms with E-state index in [0.717, 1.165) is 109 Å². The highest BCUT2D eigenvalue weighted by Crippen LogP contribution is 2.45.